The molecule has 1 unspecified atom stereocenters. The van der Waals surface area contributed by atoms with Crippen LogP contribution < -0.4 is 0 Å². The number of aromatic nitrogens is 2. The van der Waals surface area contributed by atoms with E-state index in [4.69, 9.17) is 0 Å². The summed E-state index contributed by atoms with van der Waals surface area (Å²) >= 11 is 0. The van der Waals surface area contributed by atoms with E-state index in [9.17, 15) is 18.3 Å². The first-order valence-corrected chi connectivity index (χ1v) is 6.82. The Morgan fingerprint density at radius 1 is 1.24 bits per heavy atom. The van der Waals surface area contributed by atoms with Crippen molar-refractivity contribution in [2.45, 2.75) is 25.6 Å². The fraction of sp³-hybridized carbons (Fsp3) is 0.400. The van der Waals surface area contributed by atoms with Crippen molar-refractivity contribution in [1.82, 2.24) is 9.55 Å². The highest BCUT2D eigenvalue weighted by atomic mass is 19.4. The van der Waals surface area contributed by atoms with Gasteiger partial charge in [0.25, 0.3) is 0 Å². The van der Waals surface area contributed by atoms with Gasteiger partial charge in [0.05, 0.1) is 5.56 Å². The second-order valence-electron chi connectivity index (χ2n) is 5.34. The Balaban J connectivity index is 1.90. The maximum atomic E-state index is 12.6. The molecule has 3 rings (SSSR count). The molecule has 1 atom stereocenters. The minimum Gasteiger partial charge on any atom is -0.396 e. The number of hydrogen-bond acceptors (Lipinski definition) is 2. The van der Waals surface area contributed by atoms with Crippen molar-refractivity contribution in [3.05, 3.63) is 41.7 Å². The smallest absolute Gasteiger partial charge is 0.396 e. The minimum absolute atomic E-state index is 0.154. The summed E-state index contributed by atoms with van der Waals surface area (Å²) in [6.45, 7) is 0.887. The fourth-order valence-electron chi connectivity index (χ4n) is 2.73. The van der Waals surface area contributed by atoms with Gasteiger partial charge in [-0.05, 0) is 30.9 Å². The number of aliphatic hydroxyl groups excluding tert-OH is 1. The predicted octanol–water partition coefficient (Wildman–Crippen LogP) is 3.12. The molecule has 0 radical (unpaired) electrons. The van der Waals surface area contributed by atoms with Crippen molar-refractivity contribution in [3.63, 3.8) is 0 Å². The van der Waals surface area contributed by atoms with Crippen LogP contribution >= 0.6 is 0 Å². The van der Waals surface area contributed by atoms with E-state index in [0.717, 1.165) is 37.2 Å². The molecule has 1 aliphatic rings. The molecule has 21 heavy (non-hydrogen) atoms. The molecule has 112 valence electrons. The largest absolute Gasteiger partial charge is 0.416 e. The summed E-state index contributed by atoms with van der Waals surface area (Å²) in [6, 6.07) is 5.07. The van der Waals surface area contributed by atoms with Crippen LogP contribution in [0.15, 0.2) is 30.5 Å². The Morgan fingerprint density at radius 3 is 2.57 bits per heavy atom. The molecule has 0 fully saturated rings. The number of fused-ring (bicyclic) bond motifs is 1. The van der Waals surface area contributed by atoms with Gasteiger partial charge in [0, 0.05) is 30.6 Å². The SMILES string of the molecule is OCC1CCn2c(cnc2-c2ccc(C(F)(F)F)cc2)C1. The van der Waals surface area contributed by atoms with Gasteiger partial charge >= 0.3 is 6.18 Å². The average Bonchev–Trinajstić information content (AvgIpc) is 2.89. The number of rotatable bonds is 2. The topological polar surface area (TPSA) is 38.0 Å². The van der Waals surface area contributed by atoms with Crippen LogP contribution in [0.2, 0.25) is 0 Å². The Morgan fingerprint density at radius 2 is 1.95 bits per heavy atom. The van der Waals surface area contributed by atoms with Crippen LogP contribution in [-0.4, -0.2) is 21.3 Å². The van der Waals surface area contributed by atoms with Crippen molar-refractivity contribution in [2.75, 3.05) is 6.61 Å². The summed E-state index contributed by atoms with van der Waals surface area (Å²) in [4.78, 5) is 4.33. The van der Waals surface area contributed by atoms with Gasteiger partial charge in [-0.15, -0.1) is 0 Å². The molecule has 2 aromatic rings. The fourth-order valence-corrected chi connectivity index (χ4v) is 2.73. The maximum Gasteiger partial charge on any atom is 0.416 e. The summed E-state index contributed by atoms with van der Waals surface area (Å²) in [5.74, 6) is 0.935. The van der Waals surface area contributed by atoms with Gasteiger partial charge in [0.15, 0.2) is 0 Å². The molecule has 0 spiro atoms. The first-order chi connectivity index (χ1) is 9.99. The lowest BCUT2D eigenvalue weighted by molar-refractivity contribution is -0.137. The molecule has 0 amide bonds. The van der Waals surface area contributed by atoms with Crippen LogP contribution in [0.1, 0.15) is 17.7 Å². The van der Waals surface area contributed by atoms with Gasteiger partial charge in [-0.3, -0.25) is 0 Å². The Hall–Kier alpha value is -1.82. The molecule has 3 nitrogen and oxygen atoms in total. The zero-order valence-corrected chi connectivity index (χ0v) is 11.3. The normalized spacial score (nSPS) is 18.6. The van der Waals surface area contributed by atoms with Gasteiger partial charge in [-0.25, -0.2) is 4.98 Å². The monoisotopic (exact) mass is 296 g/mol. The lowest BCUT2D eigenvalue weighted by Crippen LogP contribution is -2.21. The third-order valence-electron chi connectivity index (χ3n) is 3.93. The van der Waals surface area contributed by atoms with E-state index in [1.165, 1.54) is 12.1 Å². The van der Waals surface area contributed by atoms with Crippen LogP contribution in [0, 0.1) is 5.92 Å². The lowest BCUT2D eigenvalue weighted by Gasteiger charge is -2.23. The van der Waals surface area contributed by atoms with Gasteiger partial charge < -0.3 is 9.67 Å². The van der Waals surface area contributed by atoms with Crippen LogP contribution in [0.5, 0.6) is 0 Å². The number of benzene rings is 1. The Kier molecular flexibility index (Phi) is 3.49. The minimum atomic E-state index is -4.32. The van der Waals surface area contributed by atoms with Crippen molar-refractivity contribution in [2.24, 2.45) is 5.92 Å². The van der Waals surface area contributed by atoms with Crippen LogP contribution in [-0.2, 0) is 19.1 Å². The van der Waals surface area contributed by atoms with Crippen molar-refractivity contribution in [1.29, 1.82) is 0 Å². The summed E-state index contributed by atoms with van der Waals surface area (Å²) < 4.78 is 39.7. The van der Waals surface area contributed by atoms with Crippen molar-refractivity contribution in [3.8, 4) is 11.4 Å². The third kappa shape index (κ3) is 2.68. The zero-order valence-electron chi connectivity index (χ0n) is 11.3. The van der Waals surface area contributed by atoms with Gasteiger partial charge in [0.1, 0.15) is 5.82 Å². The number of aliphatic hydroxyl groups is 1. The number of halogens is 3. The average molecular weight is 296 g/mol. The van der Waals surface area contributed by atoms with E-state index in [1.807, 2.05) is 4.57 Å². The summed E-state index contributed by atoms with van der Waals surface area (Å²) in [5.41, 5.74) is 1.05. The first kappa shape index (κ1) is 14.1. The quantitative estimate of drug-likeness (QED) is 0.924. The van der Waals surface area contributed by atoms with Gasteiger partial charge in [0.2, 0.25) is 0 Å². The molecule has 6 heteroatoms. The Labute approximate surface area is 120 Å². The molecule has 2 heterocycles. The van der Waals surface area contributed by atoms with Gasteiger partial charge in [-0.1, -0.05) is 12.1 Å². The van der Waals surface area contributed by atoms with E-state index in [0.29, 0.717) is 11.4 Å². The van der Waals surface area contributed by atoms with Gasteiger partial charge in [-0.2, -0.15) is 13.2 Å². The molecular weight excluding hydrogens is 281 g/mol. The van der Waals surface area contributed by atoms with E-state index >= 15 is 0 Å². The number of imidazole rings is 1. The predicted molar refractivity (Wildman–Crippen MR) is 71.6 cm³/mol. The molecule has 1 aromatic heterocycles. The molecule has 0 aliphatic carbocycles. The summed E-state index contributed by atoms with van der Waals surface area (Å²) in [7, 11) is 0. The molecule has 0 bridgehead atoms. The molecule has 1 aromatic carbocycles. The second-order valence-corrected chi connectivity index (χ2v) is 5.34. The molecule has 0 saturated carbocycles. The lowest BCUT2D eigenvalue weighted by atomic mass is 9.97. The van der Waals surface area contributed by atoms with E-state index in [1.54, 1.807) is 6.20 Å². The maximum absolute atomic E-state index is 12.6. The Bertz CT molecular complexity index is 631. The summed E-state index contributed by atoms with van der Waals surface area (Å²) in [6.07, 6.45) is -0.967. The molecule has 1 aliphatic heterocycles. The van der Waals surface area contributed by atoms with Crippen LogP contribution in [0.4, 0.5) is 13.2 Å². The van der Waals surface area contributed by atoms with Crippen LogP contribution in [0.25, 0.3) is 11.4 Å². The van der Waals surface area contributed by atoms with E-state index < -0.39 is 11.7 Å². The zero-order chi connectivity index (χ0) is 15.0. The highest BCUT2D eigenvalue weighted by Gasteiger charge is 2.30. The van der Waals surface area contributed by atoms with Crippen molar-refractivity contribution < 1.29 is 18.3 Å². The second kappa shape index (κ2) is 5.18. The van der Waals surface area contributed by atoms with Crippen LogP contribution in [0.3, 0.4) is 0 Å². The van der Waals surface area contributed by atoms with E-state index in [2.05, 4.69) is 4.98 Å². The van der Waals surface area contributed by atoms with E-state index in [-0.39, 0.29) is 12.5 Å². The highest BCUT2D eigenvalue weighted by molar-refractivity contribution is 5.57. The number of alkyl halides is 3. The first-order valence-electron chi connectivity index (χ1n) is 6.82. The van der Waals surface area contributed by atoms with Crippen molar-refractivity contribution >= 4 is 0 Å². The highest BCUT2D eigenvalue weighted by Crippen LogP contribution is 2.32. The number of nitrogens with zero attached hydrogens (tertiary/aromatic N) is 2. The standard InChI is InChI=1S/C15H15F3N2O/c16-15(17,18)12-3-1-11(2-4-12)14-19-8-13-7-10(9-21)5-6-20(13)14/h1-4,8,10,21H,5-7,9H2. The molecule has 1 N–H and O–H groups in total. The number of hydrogen-bond donors (Lipinski definition) is 1. The third-order valence-corrected chi connectivity index (χ3v) is 3.93. The molecular formula is C15H15F3N2O. The summed E-state index contributed by atoms with van der Waals surface area (Å²) in [5, 5.41) is 9.21. The molecule has 0 saturated heterocycles.